The zero-order chi connectivity index (χ0) is 18.6. The number of nitrogens with zero attached hydrogens (tertiary/aromatic N) is 2. The molecule has 148 valence electrons. The molecule has 1 saturated heterocycles. The van der Waals surface area contributed by atoms with E-state index in [-0.39, 0.29) is 0 Å². The van der Waals surface area contributed by atoms with Gasteiger partial charge in [-0.25, -0.2) is 0 Å². The lowest BCUT2D eigenvalue weighted by atomic mass is 10.1. The van der Waals surface area contributed by atoms with Crippen LogP contribution in [0, 0.1) is 5.92 Å². The molecule has 0 aromatic heterocycles. The molecule has 0 radical (unpaired) electrons. The molecule has 1 heterocycles. The fourth-order valence-electron chi connectivity index (χ4n) is 4.61. The third-order valence-corrected chi connectivity index (χ3v) is 6.61. The Balaban J connectivity index is 1.21. The van der Waals surface area contributed by atoms with Gasteiger partial charge in [0.15, 0.2) is 5.96 Å². The summed E-state index contributed by atoms with van der Waals surface area (Å²) in [6, 6.07) is 8.71. The molecule has 5 heteroatoms. The molecule has 4 nitrogen and oxygen atoms in total. The smallest absolute Gasteiger partial charge is 0.193 e. The molecule has 0 spiro atoms. The largest absolute Gasteiger partial charge is 0.378 e. The van der Waals surface area contributed by atoms with Crippen molar-refractivity contribution in [3.8, 4) is 0 Å². The zero-order valence-electron chi connectivity index (χ0n) is 16.4. The molecule has 1 aromatic rings. The van der Waals surface area contributed by atoms with Crippen LogP contribution < -0.4 is 5.32 Å². The van der Waals surface area contributed by atoms with Crippen LogP contribution in [0.2, 0.25) is 5.02 Å². The molecule has 27 heavy (non-hydrogen) atoms. The van der Waals surface area contributed by atoms with E-state index in [1.807, 2.05) is 19.2 Å². The molecule has 2 aliphatic carbocycles. The van der Waals surface area contributed by atoms with Crippen LogP contribution in [-0.4, -0.2) is 49.7 Å². The number of piperidine rings is 1. The van der Waals surface area contributed by atoms with Gasteiger partial charge in [0, 0.05) is 43.7 Å². The summed E-state index contributed by atoms with van der Waals surface area (Å²) < 4.78 is 6.21. The Morgan fingerprint density at radius 2 is 2.00 bits per heavy atom. The Hall–Kier alpha value is -1.26. The van der Waals surface area contributed by atoms with E-state index in [9.17, 15) is 0 Å². The molecule has 1 N–H and O–H groups in total. The lowest BCUT2D eigenvalue weighted by molar-refractivity contribution is 0.00101. The molecule has 1 aromatic carbocycles. The van der Waals surface area contributed by atoms with E-state index in [1.54, 1.807) is 0 Å². The lowest BCUT2D eigenvalue weighted by Gasteiger charge is -2.34. The lowest BCUT2D eigenvalue weighted by Crippen LogP contribution is -2.48. The summed E-state index contributed by atoms with van der Waals surface area (Å²) in [5.41, 5.74) is 1.33. The predicted octanol–water partition coefficient (Wildman–Crippen LogP) is 4.44. The molecule has 3 fully saturated rings. The number of ether oxygens (including phenoxy) is 1. The molecule has 2 atom stereocenters. The first-order valence-electron chi connectivity index (χ1n) is 10.6. The van der Waals surface area contributed by atoms with Gasteiger partial charge < -0.3 is 15.0 Å². The maximum absolute atomic E-state index is 6.21. The van der Waals surface area contributed by atoms with Crippen LogP contribution in [0.1, 0.15) is 56.4 Å². The van der Waals surface area contributed by atoms with Crippen molar-refractivity contribution in [3.63, 3.8) is 0 Å². The number of guanidine groups is 1. The van der Waals surface area contributed by atoms with Crippen molar-refractivity contribution < 1.29 is 4.74 Å². The van der Waals surface area contributed by atoms with Gasteiger partial charge in [0.25, 0.3) is 0 Å². The average molecular weight is 390 g/mol. The first-order chi connectivity index (χ1) is 13.2. The second-order valence-corrected chi connectivity index (χ2v) is 8.80. The quantitative estimate of drug-likeness (QED) is 0.597. The normalized spacial score (nSPS) is 27.2. The van der Waals surface area contributed by atoms with Crippen LogP contribution in [0.4, 0.5) is 0 Å². The van der Waals surface area contributed by atoms with E-state index in [2.05, 4.69) is 27.3 Å². The number of halogens is 1. The zero-order valence-corrected chi connectivity index (χ0v) is 17.1. The summed E-state index contributed by atoms with van der Waals surface area (Å²) in [6.07, 6.45) is 9.32. The van der Waals surface area contributed by atoms with E-state index in [1.165, 1.54) is 31.2 Å². The van der Waals surface area contributed by atoms with Crippen LogP contribution in [0.5, 0.6) is 0 Å². The van der Waals surface area contributed by atoms with Gasteiger partial charge >= 0.3 is 0 Å². The molecule has 1 aliphatic heterocycles. The molecule has 4 rings (SSSR count). The number of hydrogen-bond donors (Lipinski definition) is 1. The Bertz CT molecular complexity index is 651. The van der Waals surface area contributed by atoms with Crippen molar-refractivity contribution in [2.24, 2.45) is 10.9 Å². The summed E-state index contributed by atoms with van der Waals surface area (Å²) in [5.74, 6) is 2.40. The first-order valence-corrected chi connectivity index (χ1v) is 11.0. The molecule has 3 aliphatic rings. The van der Waals surface area contributed by atoms with Crippen molar-refractivity contribution in [1.82, 2.24) is 10.2 Å². The maximum Gasteiger partial charge on any atom is 0.193 e. The van der Waals surface area contributed by atoms with Gasteiger partial charge in [-0.05, 0) is 55.7 Å². The minimum atomic E-state index is 0.431. The Morgan fingerprint density at radius 1 is 1.22 bits per heavy atom. The number of rotatable bonds is 5. The third-order valence-electron chi connectivity index (χ3n) is 6.38. The second kappa shape index (κ2) is 8.83. The summed E-state index contributed by atoms with van der Waals surface area (Å²) in [4.78, 5) is 6.93. The fraction of sp³-hybridized carbons (Fsp3) is 0.682. The molecular formula is C22H32ClN3O. The first kappa shape index (κ1) is 19.1. The molecule has 2 unspecified atom stereocenters. The van der Waals surface area contributed by atoms with Crippen LogP contribution in [-0.2, 0) is 4.74 Å². The monoisotopic (exact) mass is 389 g/mol. The van der Waals surface area contributed by atoms with E-state index >= 15 is 0 Å². The SMILES string of the molecule is CN=C(NC1CC1c1cccc(Cl)c1)N1CCC(OCC2CCCC2)CC1. The van der Waals surface area contributed by atoms with Gasteiger partial charge in [-0.2, -0.15) is 0 Å². The van der Waals surface area contributed by atoms with Crippen LogP contribution in [0.25, 0.3) is 0 Å². The minimum Gasteiger partial charge on any atom is -0.378 e. The molecule has 0 bridgehead atoms. The fourth-order valence-corrected chi connectivity index (χ4v) is 4.81. The minimum absolute atomic E-state index is 0.431. The van der Waals surface area contributed by atoms with E-state index in [0.717, 1.165) is 55.9 Å². The standard InChI is InChI=1S/C22H32ClN3O/c1-24-22(25-21-14-20(21)17-7-4-8-18(23)13-17)26-11-9-19(10-12-26)27-15-16-5-2-3-6-16/h4,7-8,13,16,19-21H,2-3,5-6,9-12,14-15H2,1H3,(H,24,25). The van der Waals surface area contributed by atoms with Gasteiger partial charge in [-0.3, -0.25) is 4.99 Å². The van der Waals surface area contributed by atoms with Crippen LogP contribution in [0.15, 0.2) is 29.3 Å². The maximum atomic E-state index is 6.21. The van der Waals surface area contributed by atoms with E-state index in [0.29, 0.717) is 18.1 Å². The summed E-state index contributed by atoms with van der Waals surface area (Å²) in [5, 5.41) is 4.48. The Morgan fingerprint density at radius 3 is 2.70 bits per heavy atom. The van der Waals surface area contributed by atoms with Crippen LogP contribution >= 0.6 is 11.6 Å². The van der Waals surface area contributed by atoms with E-state index < -0.39 is 0 Å². The highest BCUT2D eigenvalue weighted by molar-refractivity contribution is 6.30. The summed E-state index contributed by atoms with van der Waals surface area (Å²) >= 11 is 6.14. The van der Waals surface area contributed by atoms with E-state index in [4.69, 9.17) is 16.3 Å². The highest BCUT2D eigenvalue weighted by Crippen LogP contribution is 2.41. The van der Waals surface area contributed by atoms with Crippen molar-refractivity contribution >= 4 is 17.6 Å². The molecule has 0 amide bonds. The van der Waals surface area contributed by atoms with Gasteiger partial charge in [-0.15, -0.1) is 0 Å². The number of likely N-dealkylation sites (tertiary alicyclic amines) is 1. The summed E-state index contributed by atoms with van der Waals surface area (Å²) in [6.45, 7) is 3.04. The Kier molecular flexibility index (Phi) is 6.24. The van der Waals surface area contributed by atoms with Gasteiger partial charge in [0.2, 0.25) is 0 Å². The highest BCUT2D eigenvalue weighted by Gasteiger charge is 2.40. The van der Waals surface area contributed by atoms with Crippen molar-refractivity contribution in [1.29, 1.82) is 0 Å². The Labute approximate surface area is 168 Å². The summed E-state index contributed by atoms with van der Waals surface area (Å²) in [7, 11) is 1.89. The third kappa shape index (κ3) is 4.97. The topological polar surface area (TPSA) is 36.9 Å². The van der Waals surface area contributed by atoms with Crippen molar-refractivity contribution in [2.45, 2.75) is 63.0 Å². The van der Waals surface area contributed by atoms with Gasteiger partial charge in [0.05, 0.1) is 6.10 Å². The second-order valence-electron chi connectivity index (χ2n) is 8.37. The van der Waals surface area contributed by atoms with Gasteiger partial charge in [0.1, 0.15) is 0 Å². The van der Waals surface area contributed by atoms with Crippen molar-refractivity contribution in [3.05, 3.63) is 34.9 Å². The number of hydrogen-bond acceptors (Lipinski definition) is 2. The molecule has 2 saturated carbocycles. The number of nitrogens with one attached hydrogen (secondary N) is 1. The highest BCUT2D eigenvalue weighted by atomic mass is 35.5. The number of benzene rings is 1. The average Bonchev–Trinajstić information content (AvgIpc) is 3.27. The predicted molar refractivity (Wildman–Crippen MR) is 112 cm³/mol. The number of aliphatic imine (C=N–C) groups is 1. The molecular weight excluding hydrogens is 358 g/mol. The van der Waals surface area contributed by atoms with Gasteiger partial charge in [-0.1, -0.05) is 36.6 Å². The van der Waals surface area contributed by atoms with Crippen LogP contribution in [0.3, 0.4) is 0 Å². The van der Waals surface area contributed by atoms with Crippen molar-refractivity contribution in [2.75, 3.05) is 26.7 Å².